The molecule has 0 radical (unpaired) electrons. The molecule has 3 aromatic rings. The second kappa shape index (κ2) is 7.23. The molecule has 0 aliphatic heterocycles. The number of nitrogens with zero attached hydrogens (tertiary/aromatic N) is 5. The van der Waals surface area contributed by atoms with Gasteiger partial charge in [-0.15, -0.1) is 0 Å². The average molecular weight is 349 g/mol. The Kier molecular flexibility index (Phi) is 4.65. The summed E-state index contributed by atoms with van der Waals surface area (Å²) in [5, 5.41) is 0. The first kappa shape index (κ1) is 16.7. The molecule has 1 amide bonds. The summed E-state index contributed by atoms with van der Waals surface area (Å²) in [6, 6.07) is 8.24. The monoisotopic (exact) mass is 349 g/mol. The highest BCUT2D eigenvalue weighted by Crippen LogP contribution is 2.23. The van der Waals surface area contributed by atoms with Gasteiger partial charge in [-0.2, -0.15) is 0 Å². The van der Waals surface area contributed by atoms with E-state index in [4.69, 9.17) is 0 Å². The van der Waals surface area contributed by atoms with Gasteiger partial charge in [0.25, 0.3) is 5.91 Å². The fraction of sp³-hybridized carbons (Fsp3) is 0.400. The van der Waals surface area contributed by atoms with Crippen LogP contribution in [0.3, 0.4) is 0 Å². The van der Waals surface area contributed by atoms with E-state index in [9.17, 15) is 4.79 Å². The van der Waals surface area contributed by atoms with Crippen molar-refractivity contribution in [1.82, 2.24) is 24.4 Å². The third-order valence-corrected chi connectivity index (χ3v) is 5.28. The molecule has 6 heteroatoms. The highest BCUT2D eigenvalue weighted by atomic mass is 16.2. The van der Waals surface area contributed by atoms with Crippen LogP contribution in [0, 0.1) is 0 Å². The zero-order valence-corrected chi connectivity index (χ0v) is 15.0. The molecule has 0 unspecified atom stereocenters. The van der Waals surface area contributed by atoms with E-state index in [-0.39, 0.29) is 5.91 Å². The second-order valence-corrected chi connectivity index (χ2v) is 7.01. The third-order valence-electron chi connectivity index (χ3n) is 5.28. The molecule has 0 bridgehead atoms. The Morgan fingerprint density at radius 1 is 1.15 bits per heavy atom. The lowest BCUT2D eigenvalue weighted by molar-refractivity contribution is 0.0696. The average Bonchev–Trinajstić information content (AvgIpc) is 3.11. The Hall–Kier alpha value is -2.76. The fourth-order valence-corrected chi connectivity index (χ4v) is 3.72. The zero-order chi connectivity index (χ0) is 17.9. The molecule has 1 saturated carbocycles. The Morgan fingerprint density at radius 2 is 1.92 bits per heavy atom. The van der Waals surface area contributed by atoms with Crippen molar-refractivity contribution in [3.8, 4) is 0 Å². The highest BCUT2D eigenvalue weighted by Gasteiger charge is 2.22. The van der Waals surface area contributed by atoms with Gasteiger partial charge in [-0.3, -0.25) is 4.79 Å². The maximum atomic E-state index is 12.7. The number of benzene rings is 1. The van der Waals surface area contributed by atoms with Gasteiger partial charge in [0.05, 0.1) is 19.1 Å². The molecule has 1 aromatic carbocycles. The van der Waals surface area contributed by atoms with Crippen molar-refractivity contribution in [2.24, 2.45) is 0 Å². The van der Waals surface area contributed by atoms with Gasteiger partial charge < -0.3 is 9.47 Å². The molecule has 0 N–H and O–H groups in total. The molecule has 0 spiro atoms. The van der Waals surface area contributed by atoms with Crippen LogP contribution in [-0.4, -0.2) is 43.4 Å². The molecular weight excluding hydrogens is 326 g/mol. The number of hydrogen-bond acceptors (Lipinski definition) is 4. The van der Waals surface area contributed by atoms with Gasteiger partial charge in [0.15, 0.2) is 5.65 Å². The Bertz CT molecular complexity index is 896. The van der Waals surface area contributed by atoms with Crippen LogP contribution in [0.5, 0.6) is 0 Å². The van der Waals surface area contributed by atoms with Gasteiger partial charge in [-0.1, -0.05) is 31.4 Å². The van der Waals surface area contributed by atoms with E-state index in [1.165, 1.54) is 25.6 Å². The molecule has 2 aromatic heterocycles. The fourth-order valence-electron chi connectivity index (χ4n) is 3.72. The molecule has 2 heterocycles. The lowest BCUT2D eigenvalue weighted by Crippen LogP contribution is -2.38. The van der Waals surface area contributed by atoms with E-state index < -0.39 is 0 Å². The zero-order valence-electron chi connectivity index (χ0n) is 15.0. The summed E-state index contributed by atoms with van der Waals surface area (Å²) in [6.07, 6.45) is 11.0. The minimum Gasteiger partial charge on any atom is -0.339 e. The number of imidazole rings is 1. The second-order valence-electron chi connectivity index (χ2n) is 7.01. The van der Waals surface area contributed by atoms with Gasteiger partial charge in [0.1, 0.15) is 11.8 Å². The van der Waals surface area contributed by atoms with Crippen LogP contribution >= 0.6 is 0 Å². The molecule has 1 aliphatic carbocycles. The van der Waals surface area contributed by atoms with Gasteiger partial charge in [0.2, 0.25) is 0 Å². The Morgan fingerprint density at radius 3 is 2.69 bits per heavy atom. The molecule has 1 fully saturated rings. The molecule has 0 atom stereocenters. The molecule has 134 valence electrons. The van der Waals surface area contributed by atoms with Crippen LogP contribution in [0.15, 0.2) is 43.1 Å². The van der Waals surface area contributed by atoms with Crippen LogP contribution in [0.25, 0.3) is 11.2 Å². The summed E-state index contributed by atoms with van der Waals surface area (Å²) in [6.45, 7) is 0.667. The predicted molar refractivity (Wildman–Crippen MR) is 99.8 cm³/mol. The number of amides is 1. The van der Waals surface area contributed by atoms with E-state index in [0.29, 0.717) is 12.6 Å². The van der Waals surface area contributed by atoms with Crippen LogP contribution in [0.4, 0.5) is 0 Å². The summed E-state index contributed by atoms with van der Waals surface area (Å²) in [5.74, 6) is 0.115. The summed E-state index contributed by atoms with van der Waals surface area (Å²) < 4.78 is 1.99. The predicted octanol–water partition coefficient (Wildman–Crippen LogP) is 3.28. The quantitative estimate of drug-likeness (QED) is 0.725. The third kappa shape index (κ3) is 3.31. The van der Waals surface area contributed by atoms with Crippen molar-refractivity contribution in [2.45, 2.75) is 44.7 Å². The van der Waals surface area contributed by atoms with E-state index in [1.54, 1.807) is 12.5 Å². The van der Waals surface area contributed by atoms with Crippen molar-refractivity contribution in [3.05, 3.63) is 54.2 Å². The number of rotatable bonds is 4. The summed E-state index contributed by atoms with van der Waals surface area (Å²) in [5.41, 5.74) is 3.46. The molecule has 4 rings (SSSR count). The normalized spacial score (nSPS) is 15.3. The van der Waals surface area contributed by atoms with Crippen LogP contribution in [0.2, 0.25) is 0 Å². The maximum absolute atomic E-state index is 12.7. The molecule has 0 saturated heterocycles. The van der Waals surface area contributed by atoms with Gasteiger partial charge in [-0.25, -0.2) is 15.0 Å². The minimum atomic E-state index is 0.115. The first-order chi connectivity index (χ1) is 12.7. The summed E-state index contributed by atoms with van der Waals surface area (Å²) in [7, 11) is 1.93. The number of fused-ring (bicyclic) bond motifs is 1. The number of carbonyl (C=O) groups excluding carboxylic acids is 1. The topological polar surface area (TPSA) is 63.9 Å². The molecule has 1 aliphatic rings. The largest absolute Gasteiger partial charge is 0.339 e. The van der Waals surface area contributed by atoms with Gasteiger partial charge >= 0.3 is 0 Å². The SMILES string of the molecule is CN(C(=O)c1ccc(Cn2cnc3cncnc32)cc1)C1CCCCC1. The van der Waals surface area contributed by atoms with E-state index in [1.807, 2.05) is 40.8 Å². The molecular formula is C20H23N5O. The number of aromatic nitrogens is 4. The summed E-state index contributed by atoms with van der Waals surface area (Å²) >= 11 is 0. The van der Waals surface area contributed by atoms with E-state index in [0.717, 1.165) is 35.1 Å². The van der Waals surface area contributed by atoms with Crippen LogP contribution in [0.1, 0.15) is 48.0 Å². The first-order valence-corrected chi connectivity index (χ1v) is 9.19. The standard InChI is InChI=1S/C20H23N5O/c1-24(17-5-3-2-4-6-17)20(26)16-9-7-15(8-10-16)12-25-14-23-18-11-21-13-22-19(18)25/h7-11,13-14,17H,2-6,12H2,1H3. The Balaban J connectivity index is 1.47. The van der Waals surface area contributed by atoms with Crippen molar-refractivity contribution in [2.75, 3.05) is 7.05 Å². The molecule has 26 heavy (non-hydrogen) atoms. The van der Waals surface area contributed by atoms with Gasteiger partial charge in [0, 0.05) is 18.7 Å². The lowest BCUT2D eigenvalue weighted by Gasteiger charge is -2.31. The Labute approximate surface area is 152 Å². The van der Waals surface area contributed by atoms with Crippen molar-refractivity contribution < 1.29 is 4.79 Å². The minimum absolute atomic E-state index is 0.115. The summed E-state index contributed by atoms with van der Waals surface area (Å²) in [4.78, 5) is 27.3. The molecule has 6 nitrogen and oxygen atoms in total. The number of carbonyl (C=O) groups is 1. The van der Waals surface area contributed by atoms with Crippen LogP contribution < -0.4 is 0 Å². The smallest absolute Gasteiger partial charge is 0.253 e. The van der Waals surface area contributed by atoms with Gasteiger partial charge in [-0.05, 0) is 30.5 Å². The first-order valence-electron chi connectivity index (χ1n) is 9.19. The number of hydrogen-bond donors (Lipinski definition) is 0. The highest BCUT2D eigenvalue weighted by molar-refractivity contribution is 5.94. The maximum Gasteiger partial charge on any atom is 0.253 e. The van der Waals surface area contributed by atoms with E-state index in [2.05, 4.69) is 15.0 Å². The van der Waals surface area contributed by atoms with Crippen molar-refractivity contribution >= 4 is 17.1 Å². The van der Waals surface area contributed by atoms with Crippen molar-refractivity contribution in [3.63, 3.8) is 0 Å². The lowest BCUT2D eigenvalue weighted by atomic mass is 9.94. The van der Waals surface area contributed by atoms with Crippen LogP contribution in [-0.2, 0) is 6.54 Å². The van der Waals surface area contributed by atoms with E-state index >= 15 is 0 Å². The van der Waals surface area contributed by atoms with Crippen molar-refractivity contribution in [1.29, 1.82) is 0 Å².